The lowest BCUT2D eigenvalue weighted by Crippen LogP contribution is -2.20. The third kappa shape index (κ3) is 3.92. The van der Waals surface area contributed by atoms with Gasteiger partial charge in [0.1, 0.15) is 0 Å². The zero-order valence-electron chi connectivity index (χ0n) is 9.72. The van der Waals surface area contributed by atoms with Crippen molar-refractivity contribution in [2.75, 3.05) is 13.2 Å². The Balaban J connectivity index is 3.07. The minimum Gasteiger partial charge on any atom is -0.490 e. The number of oxime groups is 1. The molecule has 0 heterocycles. The Kier molecular flexibility index (Phi) is 5.44. The molecular weight excluding hydrogens is 304 g/mol. The van der Waals surface area contributed by atoms with Gasteiger partial charge in [-0.25, -0.2) is 0 Å². The summed E-state index contributed by atoms with van der Waals surface area (Å²) in [6.45, 7) is 2.02. The molecule has 0 aliphatic heterocycles. The molecule has 0 unspecified atom stereocenters. The summed E-state index contributed by atoms with van der Waals surface area (Å²) >= 11 is 3.29. The van der Waals surface area contributed by atoms with Gasteiger partial charge in [-0.05, 0) is 35.0 Å². The molecule has 18 heavy (non-hydrogen) atoms. The second-order valence-corrected chi connectivity index (χ2v) is 4.11. The predicted molar refractivity (Wildman–Crippen MR) is 69.4 cm³/mol. The van der Waals surface area contributed by atoms with E-state index in [1.807, 2.05) is 6.92 Å². The van der Waals surface area contributed by atoms with Gasteiger partial charge >= 0.3 is 0 Å². The van der Waals surface area contributed by atoms with Crippen LogP contribution in [0.3, 0.4) is 0 Å². The maximum Gasteiger partial charge on any atom is 0.255 e. The van der Waals surface area contributed by atoms with Crippen molar-refractivity contribution in [2.24, 2.45) is 10.9 Å². The van der Waals surface area contributed by atoms with E-state index < -0.39 is 5.91 Å². The third-order valence-electron chi connectivity index (χ3n) is 1.93. The maximum atomic E-state index is 10.7. The van der Waals surface area contributed by atoms with Crippen molar-refractivity contribution in [2.45, 2.75) is 6.92 Å². The molecule has 0 atom stereocenters. The van der Waals surface area contributed by atoms with E-state index in [2.05, 4.69) is 21.1 Å². The molecule has 0 aliphatic carbocycles. The van der Waals surface area contributed by atoms with Crippen LogP contribution in [0.2, 0.25) is 0 Å². The molecule has 1 amide bonds. The van der Waals surface area contributed by atoms with Gasteiger partial charge in [0, 0.05) is 10.0 Å². The molecule has 0 radical (unpaired) electrons. The number of primary amides is 1. The Bertz CT molecular complexity index is 463. The highest BCUT2D eigenvalue weighted by molar-refractivity contribution is 9.10. The smallest absolute Gasteiger partial charge is 0.255 e. The number of halogens is 1. The van der Waals surface area contributed by atoms with Crippen molar-refractivity contribution in [3.05, 3.63) is 22.2 Å². The lowest BCUT2D eigenvalue weighted by atomic mass is 10.2. The van der Waals surface area contributed by atoms with E-state index >= 15 is 0 Å². The van der Waals surface area contributed by atoms with Crippen LogP contribution in [0.15, 0.2) is 21.8 Å². The maximum absolute atomic E-state index is 10.7. The largest absolute Gasteiger partial charge is 0.490 e. The highest BCUT2D eigenvalue weighted by Gasteiger charge is 2.11. The molecule has 1 aromatic rings. The normalized spacial score (nSPS) is 10.6. The van der Waals surface area contributed by atoms with E-state index in [0.29, 0.717) is 28.1 Å². The van der Waals surface area contributed by atoms with Crippen LogP contribution in [0.4, 0.5) is 0 Å². The van der Waals surface area contributed by atoms with Crippen molar-refractivity contribution in [1.29, 1.82) is 0 Å². The summed E-state index contributed by atoms with van der Waals surface area (Å²) in [5.41, 5.74) is 5.63. The van der Waals surface area contributed by atoms with Gasteiger partial charge in [0.15, 0.2) is 18.1 Å². The number of nitrogens with zero attached hydrogens (tertiary/aromatic N) is 1. The van der Waals surface area contributed by atoms with Gasteiger partial charge in [-0.3, -0.25) is 4.79 Å². The third-order valence-corrected chi connectivity index (χ3v) is 2.62. The summed E-state index contributed by atoms with van der Waals surface area (Å²) in [7, 11) is 0. The van der Waals surface area contributed by atoms with E-state index in [9.17, 15) is 4.79 Å². The number of hydrogen-bond donors (Lipinski definition) is 2. The lowest BCUT2D eigenvalue weighted by molar-refractivity contribution is -0.119. The van der Waals surface area contributed by atoms with Crippen LogP contribution in [-0.2, 0) is 4.79 Å². The molecule has 7 heteroatoms. The van der Waals surface area contributed by atoms with E-state index in [1.165, 1.54) is 6.21 Å². The van der Waals surface area contributed by atoms with Crippen LogP contribution in [0.25, 0.3) is 0 Å². The molecule has 0 aliphatic rings. The first kappa shape index (κ1) is 14.3. The number of carbonyl (C=O) groups excluding carboxylic acids is 1. The Morgan fingerprint density at radius 2 is 2.17 bits per heavy atom. The fraction of sp³-hybridized carbons (Fsp3) is 0.273. The quantitative estimate of drug-likeness (QED) is 0.472. The van der Waals surface area contributed by atoms with Crippen molar-refractivity contribution in [3.8, 4) is 11.5 Å². The first-order valence-electron chi connectivity index (χ1n) is 5.13. The molecule has 1 aromatic carbocycles. The van der Waals surface area contributed by atoms with Crippen LogP contribution < -0.4 is 15.2 Å². The van der Waals surface area contributed by atoms with E-state index in [4.69, 9.17) is 20.4 Å². The van der Waals surface area contributed by atoms with Crippen LogP contribution in [-0.4, -0.2) is 30.5 Å². The first-order chi connectivity index (χ1) is 8.58. The summed E-state index contributed by atoms with van der Waals surface area (Å²) in [5.74, 6) is 0.254. The Hall–Kier alpha value is -1.76. The van der Waals surface area contributed by atoms with Gasteiger partial charge in [-0.1, -0.05) is 5.16 Å². The van der Waals surface area contributed by atoms with Crippen LogP contribution in [0.5, 0.6) is 11.5 Å². The summed E-state index contributed by atoms with van der Waals surface area (Å²) < 4.78 is 11.2. The topological polar surface area (TPSA) is 94.1 Å². The molecule has 0 aromatic heterocycles. The van der Waals surface area contributed by atoms with Crippen molar-refractivity contribution in [1.82, 2.24) is 0 Å². The van der Waals surface area contributed by atoms with E-state index in [1.54, 1.807) is 12.1 Å². The highest BCUT2D eigenvalue weighted by atomic mass is 79.9. The van der Waals surface area contributed by atoms with Crippen molar-refractivity contribution in [3.63, 3.8) is 0 Å². The van der Waals surface area contributed by atoms with E-state index in [-0.39, 0.29) is 6.61 Å². The van der Waals surface area contributed by atoms with Gasteiger partial charge in [0.25, 0.3) is 5.91 Å². The number of benzene rings is 1. The average Bonchev–Trinajstić information content (AvgIpc) is 2.31. The van der Waals surface area contributed by atoms with Crippen molar-refractivity contribution >= 4 is 28.1 Å². The van der Waals surface area contributed by atoms with Gasteiger partial charge in [-0.15, -0.1) is 0 Å². The number of hydrogen-bond acceptors (Lipinski definition) is 5. The number of carbonyl (C=O) groups is 1. The van der Waals surface area contributed by atoms with Crippen LogP contribution >= 0.6 is 15.9 Å². The van der Waals surface area contributed by atoms with Gasteiger partial charge in [0.2, 0.25) is 0 Å². The fourth-order valence-electron chi connectivity index (χ4n) is 1.24. The van der Waals surface area contributed by atoms with Crippen LogP contribution in [0, 0.1) is 0 Å². The summed E-state index contributed by atoms with van der Waals surface area (Å²) in [6.07, 6.45) is 1.25. The average molecular weight is 317 g/mol. The molecule has 0 bridgehead atoms. The number of ether oxygens (including phenoxy) is 2. The fourth-order valence-corrected chi connectivity index (χ4v) is 1.67. The summed E-state index contributed by atoms with van der Waals surface area (Å²) in [5, 5.41) is 11.5. The standard InChI is InChI=1S/C11H13BrN2O4/c1-2-17-9-3-7(5-14-16)8(12)4-10(9)18-6-11(13)15/h3-5,16H,2,6H2,1H3,(H2,13,15). The zero-order valence-corrected chi connectivity index (χ0v) is 11.3. The monoisotopic (exact) mass is 316 g/mol. The summed E-state index contributed by atoms with van der Waals surface area (Å²) in [4.78, 5) is 10.7. The molecule has 0 saturated heterocycles. The van der Waals surface area contributed by atoms with E-state index in [0.717, 1.165) is 0 Å². The molecule has 0 spiro atoms. The van der Waals surface area contributed by atoms with Crippen LogP contribution in [0.1, 0.15) is 12.5 Å². The van der Waals surface area contributed by atoms with Gasteiger partial charge < -0.3 is 20.4 Å². The molecule has 6 nitrogen and oxygen atoms in total. The second kappa shape index (κ2) is 6.85. The number of amides is 1. The zero-order chi connectivity index (χ0) is 13.5. The molecule has 0 fully saturated rings. The highest BCUT2D eigenvalue weighted by Crippen LogP contribution is 2.33. The molecular formula is C11H13BrN2O4. The number of rotatable bonds is 6. The Morgan fingerprint density at radius 3 is 2.72 bits per heavy atom. The minimum atomic E-state index is -0.574. The lowest BCUT2D eigenvalue weighted by Gasteiger charge is -2.12. The molecule has 3 N–H and O–H groups in total. The number of nitrogens with two attached hydrogens (primary N) is 1. The van der Waals surface area contributed by atoms with Gasteiger partial charge in [-0.2, -0.15) is 0 Å². The second-order valence-electron chi connectivity index (χ2n) is 3.25. The summed E-state index contributed by atoms with van der Waals surface area (Å²) in [6, 6.07) is 3.24. The minimum absolute atomic E-state index is 0.236. The molecule has 1 rings (SSSR count). The Morgan fingerprint density at radius 1 is 1.50 bits per heavy atom. The predicted octanol–water partition coefficient (Wildman–Crippen LogP) is 1.52. The Labute approximate surface area is 112 Å². The SMILES string of the molecule is CCOc1cc(C=NO)c(Br)cc1OCC(N)=O. The van der Waals surface area contributed by atoms with Crippen molar-refractivity contribution < 1.29 is 19.5 Å². The van der Waals surface area contributed by atoms with Gasteiger partial charge in [0.05, 0.1) is 12.8 Å². The first-order valence-corrected chi connectivity index (χ1v) is 5.92. The molecule has 98 valence electrons. The molecule has 0 saturated carbocycles.